The van der Waals surface area contributed by atoms with Gasteiger partial charge in [0.1, 0.15) is 0 Å². The summed E-state index contributed by atoms with van der Waals surface area (Å²) < 4.78 is 0. The Morgan fingerprint density at radius 3 is 2.70 bits per heavy atom. The predicted octanol–water partition coefficient (Wildman–Crippen LogP) is 1.84. The van der Waals surface area contributed by atoms with Crippen LogP contribution in [-0.4, -0.2) is 6.04 Å². The average Bonchev–Trinajstić information content (AvgIpc) is 1.94. The van der Waals surface area contributed by atoms with E-state index in [9.17, 15) is 0 Å². The smallest absolute Gasteiger partial charge is 0.0108 e. The molecule has 1 rings (SSSR count). The summed E-state index contributed by atoms with van der Waals surface area (Å²) in [5.41, 5.74) is 8.68. The number of hydrogen-bond acceptors (Lipinski definition) is 1. The van der Waals surface area contributed by atoms with E-state index in [0.717, 1.165) is 0 Å². The molecule has 1 fully saturated rings. The van der Waals surface area contributed by atoms with Gasteiger partial charge in [-0.1, -0.05) is 19.4 Å². The van der Waals surface area contributed by atoms with Gasteiger partial charge in [0.15, 0.2) is 0 Å². The van der Waals surface area contributed by atoms with Gasteiger partial charge in [-0.3, -0.25) is 0 Å². The van der Waals surface area contributed by atoms with Gasteiger partial charge in [-0.15, -0.1) is 5.73 Å². The van der Waals surface area contributed by atoms with E-state index in [4.69, 9.17) is 5.73 Å². The molecule has 1 aliphatic rings. The number of rotatable bonds is 1. The molecule has 0 aromatic rings. The minimum absolute atomic E-state index is 0.364. The average molecular weight is 137 g/mol. The Kier molecular flexibility index (Phi) is 2.73. The zero-order valence-corrected chi connectivity index (χ0v) is 6.34. The molecule has 1 nitrogen and oxygen atoms in total. The molecule has 0 aliphatic heterocycles. The lowest BCUT2D eigenvalue weighted by molar-refractivity contribution is 0.362. The van der Waals surface area contributed by atoms with Crippen molar-refractivity contribution in [2.75, 3.05) is 0 Å². The molecule has 2 N–H and O–H groups in total. The predicted molar refractivity (Wildman–Crippen MR) is 43.6 cm³/mol. The van der Waals surface area contributed by atoms with E-state index in [1.54, 1.807) is 0 Å². The van der Waals surface area contributed by atoms with Gasteiger partial charge in [0.05, 0.1) is 0 Å². The van der Waals surface area contributed by atoms with Crippen LogP contribution in [0.1, 0.15) is 25.7 Å². The van der Waals surface area contributed by atoms with Crippen LogP contribution in [0.4, 0.5) is 0 Å². The summed E-state index contributed by atoms with van der Waals surface area (Å²) in [5.74, 6) is 0.547. The molecule has 0 bridgehead atoms. The Balaban J connectivity index is 2.47. The van der Waals surface area contributed by atoms with E-state index in [-0.39, 0.29) is 0 Å². The van der Waals surface area contributed by atoms with Crippen LogP contribution in [0.15, 0.2) is 18.4 Å². The van der Waals surface area contributed by atoms with Crippen LogP contribution in [-0.2, 0) is 0 Å². The summed E-state index contributed by atoms with van der Waals surface area (Å²) in [6.45, 7) is 3.55. The lowest BCUT2D eigenvalue weighted by Gasteiger charge is -2.24. The highest BCUT2D eigenvalue weighted by Gasteiger charge is 2.18. The first-order chi connectivity index (χ1) is 4.84. The number of nitrogens with two attached hydrogens (primary N) is 1. The molecule has 0 heterocycles. The lowest BCUT2D eigenvalue weighted by atomic mass is 9.85. The van der Waals surface area contributed by atoms with Crippen LogP contribution in [0.2, 0.25) is 0 Å². The topological polar surface area (TPSA) is 26.0 Å². The van der Waals surface area contributed by atoms with Crippen molar-refractivity contribution >= 4 is 0 Å². The Morgan fingerprint density at radius 1 is 1.40 bits per heavy atom. The highest BCUT2D eigenvalue weighted by Crippen LogP contribution is 2.23. The molecule has 56 valence electrons. The van der Waals surface area contributed by atoms with Crippen molar-refractivity contribution in [3.05, 3.63) is 18.4 Å². The molecule has 10 heavy (non-hydrogen) atoms. The monoisotopic (exact) mass is 137 g/mol. The summed E-state index contributed by atoms with van der Waals surface area (Å²) in [7, 11) is 0. The Hall–Kier alpha value is -0.520. The van der Waals surface area contributed by atoms with Crippen LogP contribution in [0.5, 0.6) is 0 Å². The van der Waals surface area contributed by atoms with Crippen LogP contribution in [0.3, 0.4) is 0 Å². The largest absolute Gasteiger partial charge is 0.327 e. The summed E-state index contributed by atoms with van der Waals surface area (Å²) in [6.07, 6.45) is 7.02. The lowest BCUT2D eigenvalue weighted by Crippen LogP contribution is -2.31. The van der Waals surface area contributed by atoms with Crippen molar-refractivity contribution in [1.82, 2.24) is 0 Å². The van der Waals surface area contributed by atoms with E-state index < -0.39 is 0 Å². The molecule has 0 aromatic heterocycles. The van der Waals surface area contributed by atoms with E-state index >= 15 is 0 Å². The molecule has 0 spiro atoms. The SMILES string of the molecule is C=C=CC1CCCCC1N. The zero-order chi connectivity index (χ0) is 7.40. The van der Waals surface area contributed by atoms with E-state index in [1.165, 1.54) is 25.7 Å². The van der Waals surface area contributed by atoms with Crippen molar-refractivity contribution in [3.8, 4) is 0 Å². The fourth-order valence-electron chi connectivity index (χ4n) is 1.55. The second-order valence-electron chi connectivity index (χ2n) is 2.98. The second kappa shape index (κ2) is 3.60. The minimum atomic E-state index is 0.364. The summed E-state index contributed by atoms with van der Waals surface area (Å²) in [4.78, 5) is 0. The Morgan fingerprint density at radius 2 is 2.10 bits per heavy atom. The fraction of sp³-hybridized carbons (Fsp3) is 0.667. The van der Waals surface area contributed by atoms with Gasteiger partial charge in [-0.25, -0.2) is 0 Å². The highest BCUT2D eigenvalue weighted by atomic mass is 14.6. The van der Waals surface area contributed by atoms with Gasteiger partial charge in [0, 0.05) is 6.04 Å². The first-order valence-corrected chi connectivity index (χ1v) is 3.96. The molecular formula is C9H15N. The molecule has 0 aromatic carbocycles. The third kappa shape index (κ3) is 1.73. The minimum Gasteiger partial charge on any atom is -0.327 e. The molecule has 1 saturated carbocycles. The van der Waals surface area contributed by atoms with Gasteiger partial charge < -0.3 is 5.73 Å². The van der Waals surface area contributed by atoms with Gasteiger partial charge in [-0.2, -0.15) is 0 Å². The first kappa shape index (κ1) is 7.59. The second-order valence-corrected chi connectivity index (χ2v) is 2.98. The van der Waals surface area contributed by atoms with Gasteiger partial charge in [0.2, 0.25) is 0 Å². The van der Waals surface area contributed by atoms with Crippen LogP contribution in [0.25, 0.3) is 0 Å². The fourth-order valence-corrected chi connectivity index (χ4v) is 1.55. The molecular weight excluding hydrogens is 122 g/mol. The van der Waals surface area contributed by atoms with Crippen LogP contribution < -0.4 is 5.73 Å². The third-order valence-corrected chi connectivity index (χ3v) is 2.21. The third-order valence-electron chi connectivity index (χ3n) is 2.21. The summed E-state index contributed by atoms with van der Waals surface area (Å²) in [5, 5.41) is 0. The normalized spacial score (nSPS) is 32.9. The summed E-state index contributed by atoms with van der Waals surface area (Å²) in [6, 6.07) is 0.364. The maximum Gasteiger partial charge on any atom is 0.0108 e. The molecule has 0 amide bonds. The van der Waals surface area contributed by atoms with E-state index in [1.807, 2.05) is 6.08 Å². The molecule has 2 atom stereocenters. The van der Waals surface area contributed by atoms with Crippen LogP contribution in [0, 0.1) is 5.92 Å². The highest BCUT2D eigenvalue weighted by molar-refractivity contribution is 4.92. The van der Waals surface area contributed by atoms with E-state index in [0.29, 0.717) is 12.0 Å². The maximum absolute atomic E-state index is 5.87. The maximum atomic E-state index is 5.87. The van der Waals surface area contributed by atoms with Crippen LogP contribution >= 0.6 is 0 Å². The van der Waals surface area contributed by atoms with Crippen molar-refractivity contribution in [2.24, 2.45) is 11.7 Å². The Bertz CT molecular complexity index is 145. The molecule has 0 saturated heterocycles. The van der Waals surface area contributed by atoms with Gasteiger partial charge in [-0.05, 0) is 24.8 Å². The summed E-state index contributed by atoms with van der Waals surface area (Å²) >= 11 is 0. The van der Waals surface area contributed by atoms with Gasteiger partial charge in [0.25, 0.3) is 0 Å². The quantitative estimate of drug-likeness (QED) is 0.548. The van der Waals surface area contributed by atoms with Gasteiger partial charge >= 0.3 is 0 Å². The Labute approximate surface area is 62.6 Å². The molecule has 2 unspecified atom stereocenters. The van der Waals surface area contributed by atoms with Crippen molar-refractivity contribution < 1.29 is 0 Å². The van der Waals surface area contributed by atoms with Crippen molar-refractivity contribution in [1.29, 1.82) is 0 Å². The molecule has 1 heteroatoms. The van der Waals surface area contributed by atoms with Crippen molar-refractivity contribution in [2.45, 2.75) is 31.7 Å². The first-order valence-electron chi connectivity index (χ1n) is 3.96. The zero-order valence-electron chi connectivity index (χ0n) is 6.34. The molecule has 0 radical (unpaired) electrons. The molecule has 1 aliphatic carbocycles. The standard InChI is InChI=1S/C9H15N/c1-2-5-8-6-3-4-7-9(8)10/h5,8-9H,1,3-4,6-7,10H2. The van der Waals surface area contributed by atoms with E-state index in [2.05, 4.69) is 12.3 Å². The number of hydrogen-bond donors (Lipinski definition) is 1. The van der Waals surface area contributed by atoms with Crippen molar-refractivity contribution in [3.63, 3.8) is 0 Å².